The van der Waals surface area contributed by atoms with Gasteiger partial charge in [-0.15, -0.1) is 0 Å². The highest BCUT2D eigenvalue weighted by Gasteiger charge is 2.44. The molecule has 1 unspecified atom stereocenters. The Morgan fingerprint density at radius 1 is 1.07 bits per heavy atom. The first-order chi connectivity index (χ1) is 13.6. The molecule has 28 heavy (non-hydrogen) atoms. The summed E-state index contributed by atoms with van der Waals surface area (Å²) in [6.45, 7) is 1.85. The van der Waals surface area contributed by atoms with Crippen LogP contribution in [0, 0.1) is 5.92 Å². The highest BCUT2D eigenvalue weighted by atomic mass is 35.5. The maximum absolute atomic E-state index is 12.8. The molecule has 1 aliphatic heterocycles. The normalized spacial score (nSPS) is 20.5. The zero-order valence-electron chi connectivity index (χ0n) is 15.9. The highest BCUT2D eigenvalue weighted by molar-refractivity contribution is 6.30. The van der Waals surface area contributed by atoms with Gasteiger partial charge in [-0.2, -0.15) is 0 Å². The van der Waals surface area contributed by atoms with Gasteiger partial charge in [-0.25, -0.2) is 0 Å². The third-order valence-electron chi connectivity index (χ3n) is 6.01. The Morgan fingerprint density at radius 3 is 2.46 bits per heavy atom. The molecule has 1 saturated heterocycles. The van der Waals surface area contributed by atoms with Crippen molar-refractivity contribution in [2.75, 3.05) is 19.6 Å². The maximum atomic E-state index is 12.8. The molecule has 0 spiro atoms. The van der Waals surface area contributed by atoms with E-state index < -0.39 is 0 Å². The Hall–Kier alpha value is -2.33. The fourth-order valence-electron chi connectivity index (χ4n) is 4.06. The molecule has 1 heterocycles. The third kappa shape index (κ3) is 4.07. The lowest BCUT2D eigenvalue weighted by Gasteiger charge is -2.32. The summed E-state index contributed by atoms with van der Waals surface area (Å²) in [7, 11) is 0. The maximum Gasteiger partial charge on any atom is 0.253 e. The fourth-order valence-corrected chi connectivity index (χ4v) is 4.19. The van der Waals surface area contributed by atoms with Gasteiger partial charge in [0.25, 0.3) is 5.91 Å². The van der Waals surface area contributed by atoms with E-state index in [0.29, 0.717) is 30.2 Å². The quantitative estimate of drug-likeness (QED) is 0.829. The molecule has 2 fully saturated rings. The minimum atomic E-state index is -0.142. The first kappa shape index (κ1) is 19.0. The largest absolute Gasteiger partial charge is 0.355 e. The molecule has 4 rings (SSSR count). The number of carbonyl (C=O) groups excluding carboxylic acids is 2. The standard InChI is InChI=1S/C23H25ClN2O2/c24-20-10-8-17(9-11-20)22(28)26-14-4-5-18(15-26)21(27)25-16-23(12-13-23)19-6-2-1-3-7-19/h1-3,6-11,18H,4-5,12-16H2,(H,25,27). The number of carbonyl (C=O) groups is 2. The average Bonchev–Trinajstić information content (AvgIpc) is 3.54. The van der Waals surface area contributed by atoms with Gasteiger partial charge in [0.05, 0.1) is 5.92 Å². The third-order valence-corrected chi connectivity index (χ3v) is 6.26. The molecule has 4 nitrogen and oxygen atoms in total. The van der Waals surface area contributed by atoms with Gasteiger partial charge in [0, 0.05) is 35.6 Å². The second-order valence-electron chi connectivity index (χ2n) is 7.96. The second kappa shape index (κ2) is 7.96. The van der Waals surface area contributed by atoms with Crippen LogP contribution in [-0.4, -0.2) is 36.3 Å². The van der Waals surface area contributed by atoms with E-state index >= 15 is 0 Å². The molecule has 1 aliphatic carbocycles. The van der Waals surface area contributed by atoms with Gasteiger partial charge >= 0.3 is 0 Å². The van der Waals surface area contributed by atoms with Crippen molar-refractivity contribution in [3.05, 3.63) is 70.7 Å². The molecular weight excluding hydrogens is 372 g/mol. The topological polar surface area (TPSA) is 49.4 Å². The lowest BCUT2D eigenvalue weighted by molar-refractivity contribution is -0.126. The van der Waals surface area contributed by atoms with Crippen molar-refractivity contribution in [1.29, 1.82) is 0 Å². The number of piperidine rings is 1. The second-order valence-corrected chi connectivity index (χ2v) is 8.40. The molecule has 1 atom stereocenters. The first-order valence-corrected chi connectivity index (χ1v) is 10.3. The van der Waals surface area contributed by atoms with Crippen LogP contribution in [-0.2, 0) is 10.2 Å². The molecule has 1 N–H and O–H groups in total. The summed E-state index contributed by atoms with van der Waals surface area (Å²) in [6, 6.07) is 17.3. The minimum absolute atomic E-state index is 0.0304. The fraction of sp³-hybridized carbons (Fsp3) is 0.391. The van der Waals surface area contributed by atoms with Crippen LogP contribution in [0.3, 0.4) is 0 Å². The Kier molecular flexibility index (Phi) is 5.40. The van der Waals surface area contributed by atoms with Crippen molar-refractivity contribution in [3.63, 3.8) is 0 Å². The van der Waals surface area contributed by atoms with Crippen molar-refractivity contribution < 1.29 is 9.59 Å². The van der Waals surface area contributed by atoms with Crippen molar-refractivity contribution in [1.82, 2.24) is 10.2 Å². The molecule has 1 saturated carbocycles. The van der Waals surface area contributed by atoms with E-state index in [4.69, 9.17) is 11.6 Å². The number of rotatable bonds is 5. The molecule has 0 radical (unpaired) electrons. The van der Waals surface area contributed by atoms with Gasteiger partial charge in [-0.3, -0.25) is 9.59 Å². The van der Waals surface area contributed by atoms with Crippen LogP contribution in [0.2, 0.25) is 5.02 Å². The van der Waals surface area contributed by atoms with Crippen molar-refractivity contribution >= 4 is 23.4 Å². The van der Waals surface area contributed by atoms with Gasteiger partial charge in [0.15, 0.2) is 0 Å². The number of amides is 2. The van der Waals surface area contributed by atoms with Crippen LogP contribution in [0.25, 0.3) is 0 Å². The van der Waals surface area contributed by atoms with Gasteiger partial charge in [0.2, 0.25) is 5.91 Å². The van der Waals surface area contributed by atoms with E-state index in [1.807, 2.05) is 6.07 Å². The van der Waals surface area contributed by atoms with Gasteiger partial charge < -0.3 is 10.2 Å². The Bertz CT molecular complexity index is 847. The zero-order chi connectivity index (χ0) is 19.6. The summed E-state index contributed by atoms with van der Waals surface area (Å²) in [6.07, 6.45) is 3.90. The van der Waals surface area contributed by atoms with E-state index in [-0.39, 0.29) is 23.1 Å². The zero-order valence-corrected chi connectivity index (χ0v) is 16.6. The number of halogens is 1. The number of nitrogens with zero attached hydrogens (tertiary/aromatic N) is 1. The van der Waals surface area contributed by atoms with Crippen LogP contribution in [0.15, 0.2) is 54.6 Å². The molecule has 2 aromatic carbocycles. The number of hydrogen-bond acceptors (Lipinski definition) is 2. The molecule has 0 aromatic heterocycles. The molecule has 2 aromatic rings. The minimum Gasteiger partial charge on any atom is -0.355 e. The summed E-state index contributed by atoms with van der Waals surface area (Å²) in [5, 5.41) is 3.78. The Labute approximate surface area is 170 Å². The van der Waals surface area contributed by atoms with Crippen LogP contribution in [0.1, 0.15) is 41.6 Å². The Balaban J connectivity index is 1.35. The lowest BCUT2D eigenvalue weighted by Crippen LogP contribution is -2.46. The monoisotopic (exact) mass is 396 g/mol. The van der Waals surface area contributed by atoms with E-state index in [9.17, 15) is 9.59 Å². The van der Waals surface area contributed by atoms with Crippen molar-refractivity contribution in [2.45, 2.75) is 31.1 Å². The summed E-state index contributed by atoms with van der Waals surface area (Å²) in [5.74, 6) is -0.107. The van der Waals surface area contributed by atoms with Gasteiger partial charge in [-0.1, -0.05) is 41.9 Å². The number of hydrogen-bond donors (Lipinski definition) is 1. The van der Waals surface area contributed by atoms with Crippen LogP contribution < -0.4 is 5.32 Å². The van der Waals surface area contributed by atoms with E-state index in [2.05, 4.69) is 29.6 Å². The van der Waals surface area contributed by atoms with Crippen molar-refractivity contribution in [2.24, 2.45) is 5.92 Å². The van der Waals surface area contributed by atoms with Gasteiger partial charge in [-0.05, 0) is 55.5 Å². The van der Waals surface area contributed by atoms with Crippen LogP contribution in [0.5, 0.6) is 0 Å². The number of nitrogens with one attached hydrogen (secondary N) is 1. The predicted molar refractivity (Wildman–Crippen MR) is 110 cm³/mol. The lowest BCUT2D eigenvalue weighted by atomic mass is 9.94. The molecule has 146 valence electrons. The van der Waals surface area contributed by atoms with Crippen LogP contribution in [0.4, 0.5) is 0 Å². The van der Waals surface area contributed by atoms with E-state index in [0.717, 1.165) is 25.7 Å². The summed E-state index contributed by atoms with van der Waals surface area (Å²) in [4.78, 5) is 27.3. The van der Waals surface area contributed by atoms with E-state index in [1.165, 1.54) is 5.56 Å². The SMILES string of the molecule is O=C(NCC1(c2ccccc2)CC1)C1CCCN(C(=O)c2ccc(Cl)cc2)C1. The smallest absolute Gasteiger partial charge is 0.253 e. The first-order valence-electron chi connectivity index (χ1n) is 9.95. The molecule has 2 amide bonds. The number of likely N-dealkylation sites (tertiary alicyclic amines) is 1. The molecule has 5 heteroatoms. The molecular formula is C23H25ClN2O2. The summed E-state index contributed by atoms with van der Waals surface area (Å²) < 4.78 is 0. The number of benzene rings is 2. The van der Waals surface area contributed by atoms with E-state index in [1.54, 1.807) is 29.2 Å². The summed E-state index contributed by atoms with van der Waals surface area (Å²) in [5.41, 5.74) is 2.02. The van der Waals surface area contributed by atoms with Crippen LogP contribution >= 0.6 is 11.6 Å². The highest BCUT2D eigenvalue weighted by Crippen LogP contribution is 2.47. The van der Waals surface area contributed by atoms with Gasteiger partial charge in [0.1, 0.15) is 0 Å². The molecule has 0 bridgehead atoms. The predicted octanol–water partition coefficient (Wildman–Crippen LogP) is 4.04. The summed E-state index contributed by atoms with van der Waals surface area (Å²) >= 11 is 5.91. The van der Waals surface area contributed by atoms with Crippen molar-refractivity contribution in [3.8, 4) is 0 Å². The average molecular weight is 397 g/mol. The Morgan fingerprint density at radius 2 is 1.79 bits per heavy atom. The molecule has 2 aliphatic rings.